The first-order chi connectivity index (χ1) is 6.74. The van der Waals surface area contributed by atoms with Crippen LogP contribution in [0.3, 0.4) is 0 Å². The lowest BCUT2D eigenvalue weighted by atomic mass is 9.98. The zero-order valence-corrected chi connectivity index (χ0v) is 8.55. The van der Waals surface area contributed by atoms with E-state index in [1.807, 2.05) is 13.0 Å². The Labute approximate surface area is 84.7 Å². The normalized spacial score (nSPS) is 23.6. The van der Waals surface area contributed by atoms with E-state index >= 15 is 0 Å². The molecule has 0 spiro atoms. The van der Waals surface area contributed by atoms with Crippen molar-refractivity contribution < 1.29 is 4.79 Å². The number of nitrogens with zero attached hydrogens (tertiary/aromatic N) is 1. The van der Waals surface area contributed by atoms with Crippen molar-refractivity contribution in [1.29, 1.82) is 5.26 Å². The topological polar surface area (TPSA) is 64.9 Å². The minimum atomic E-state index is -0.0329. The summed E-state index contributed by atoms with van der Waals surface area (Å²) in [6.45, 7) is 3.64. The standard InChI is InChI=1S/C10H17N3O/c1-8(4-5-11)13-10(14)9-3-2-6-12-7-9/h8-9,12H,2-4,6-7H2,1H3,(H,13,14). The molecule has 0 aromatic rings. The third kappa shape index (κ3) is 3.35. The van der Waals surface area contributed by atoms with E-state index in [0.717, 1.165) is 25.9 Å². The van der Waals surface area contributed by atoms with Crippen LogP contribution in [-0.4, -0.2) is 25.0 Å². The number of carbonyl (C=O) groups is 1. The Hall–Kier alpha value is -1.08. The van der Waals surface area contributed by atoms with E-state index in [-0.39, 0.29) is 17.9 Å². The summed E-state index contributed by atoms with van der Waals surface area (Å²) in [6, 6.07) is 2.01. The number of rotatable bonds is 3. The van der Waals surface area contributed by atoms with E-state index in [4.69, 9.17) is 5.26 Å². The summed E-state index contributed by atoms with van der Waals surface area (Å²) in [5, 5.41) is 14.5. The Morgan fingerprint density at radius 2 is 2.57 bits per heavy atom. The molecule has 0 aromatic heterocycles. The summed E-state index contributed by atoms with van der Waals surface area (Å²) < 4.78 is 0. The molecule has 0 radical (unpaired) electrons. The monoisotopic (exact) mass is 195 g/mol. The van der Waals surface area contributed by atoms with Crippen molar-refractivity contribution >= 4 is 5.91 Å². The van der Waals surface area contributed by atoms with E-state index in [1.165, 1.54) is 0 Å². The first kappa shape index (κ1) is 11.0. The van der Waals surface area contributed by atoms with Crippen LogP contribution in [0.1, 0.15) is 26.2 Å². The molecule has 1 rings (SSSR count). The summed E-state index contributed by atoms with van der Waals surface area (Å²) in [6.07, 6.45) is 2.40. The lowest BCUT2D eigenvalue weighted by Gasteiger charge is -2.23. The lowest BCUT2D eigenvalue weighted by molar-refractivity contribution is -0.126. The number of amides is 1. The predicted octanol–water partition coefficient (Wildman–Crippen LogP) is 0.404. The number of piperidine rings is 1. The molecule has 1 aliphatic rings. The van der Waals surface area contributed by atoms with Gasteiger partial charge in [0.05, 0.1) is 18.4 Å². The fourth-order valence-electron chi connectivity index (χ4n) is 1.62. The largest absolute Gasteiger partial charge is 0.352 e. The van der Waals surface area contributed by atoms with Crippen molar-refractivity contribution in [3.63, 3.8) is 0 Å². The number of hydrogen-bond acceptors (Lipinski definition) is 3. The highest BCUT2D eigenvalue weighted by Gasteiger charge is 2.21. The molecule has 2 atom stereocenters. The lowest BCUT2D eigenvalue weighted by Crippen LogP contribution is -2.43. The third-order valence-corrected chi connectivity index (χ3v) is 2.45. The summed E-state index contributed by atoms with van der Waals surface area (Å²) in [4.78, 5) is 11.6. The maximum atomic E-state index is 11.6. The summed E-state index contributed by atoms with van der Waals surface area (Å²) >= 11 is 0. The molecule has 0 aromatic carbocycles. The van der Waals surface area contributed by atoms with Crippen molar-refractivity contribution in [2.24, 2.45) is 5.92 Å². The highest BCUT2D eigenvalue weighted by molar-refractivity contribution is 5.79. The van der Waals surface area contributed by atoms with Gasteiger partial charge in [-0.2, -0.15) is 5.26 Å². The van der Waals surface area contributed by atoms with Gasteiger partial charge in [0.15, 0.2) is 0 Å². The van der Waals surface area contributed by atoms with E-state index < -0.39 is 0 Å². The maximum Gasteiger partial charge on any atom is 0.224 e. The summed E-state index contributed by atoms with van der Waals surface area (Å²) in [5.74, 6) is 0.171. The van der Waals surface area contributed by atoms with Gasteiger partial charge in [0.25, 0.3) is 0 Å². The predicted molar refractivity (Wildman–Crippen MR) is 53.4 cm³/mol. The zero-order valence-electron chi connectivity index (χ0n) is 8.55. The number of carbonyl (C=O) groups excluding carboxylic acids is 1. The van der Waals surface area contributed by atoms with Gasteiger partial charge in [0.1, 0.15) is 0 Å². The van der Waals surface area contributed by atoms with Crippen LogP contribution in [0.25, 0.3) is 0 Å². The van der Waals surface area contributed by atoms with Crippen molar-refractivity contribution in [2.75, 3.05) is 13.1 Å². The number of hydrogen-bond donors (Lipinski definition) is 2. The molecule has 1 amide bonds. The second-order valence-corrected chi connectivity index (χ2v) is 3.82. The van der Waals surface area contributed by atoms with E-state index in [0.29, 0.717) is 6.42 Å². The van der Waals surface area contributed by atoms with Crippen molar-refractivity contribution in [2.45, 2.75) is 32.2 Å². The Kier molecular flexibility index (Phi) is 4.41. The molecule has 1 heterocycles. The molecule has 4 heteroatoms. The molecule has 2 N–H and O–H groups in total. The van der Waals surface area contributed by atoms with Crippen LogP contribution in [0, 0.1) is 17.2 Å². The SMILES string of the molecule is CC(CC#N)NC(=O)C1CCCNC1. The van der Waals surface area contributed by atoms with Crippen LogP contribution >= 0.6 is 0 Å². The van der Waals surface area contributed by atoms with Gasteiger partial charge in [-0.1, -0.05) is 0 Å². The third-order valence-electron chi connectivity index (χ3n) is 2.45. The van der Waals surface area contributed by atoms with Gasteiger partial charge in [0.2, 0.25) is 5.91 Å². The highest BCUT2D eigenvalue weighted by atomic mass is 16.1. The molecule has 0 bridgehead atoms. The highest BCUT2D eigenvalue weighted by Crippen LogP contribution is 2.10. The van der Waals surface area contributed by atoms with Gasteiger partial charge in [-0.05, 0) is 26.3 Å². The van der Waals surface area contributed by atoms with Crippen molar-refractivity contribution in [3.8, 4) is 6.07 Å². The zero-order chi connectivity index (χ0) is 10.4. The Bertz CT molecular complexity index is 228. The van der Waals surface area contributed by atoms with Crippen molar-refractivity contribution in [3.05, 3.63) is 0 Å². The van der Waals surface area contributed by atoms with Crippen molar-refractivity contribution in [1.82, 2.24) is 10.6 Å². The maximum absolute atomic E-state index is 11.6. The van der Waals surface area contributed by atoms with Crippen LogP contribution in [0.4, 0.5) is 0 Å². The van der Waals surface area contributed by atoms with Crippen LogP contribution in [-0.2, 0) is 4.79 Å². The fourth-order valence-corrected chi connectivity index (χ4v) is 1.62. The van der Waals surface area contributed by atoms with E-state index in [1.54, 1.807) is 0 Å². The Morgan fingerprint density at radius 3 is 3.14 bits per heavy atom. The minimum Gasteiger partial charge on any atom is -0.352 e. The van der Waals surface area contributed by atoms with Gasteiger partial charge >= 0.3 is 0 Å². The van der Waals surface area contributed by atoms with Crippen LogP contribution in [0.5, 0.6) is 0 Å². The molecule has 1 fully saturated rings. The Balaban J connectivity index is 2.30. The summed E-state index contributed by atoms with van der Waals surface area (Å²) in [7, 11) is 0. The molecule has 0 saturated carbocycles. The summed E-state index contributed by atoms with van der Waals surface area (Å²) in [5.41, 5.74) is 0. The number of nitrogens with one attached hydrogen (secondary N) is 2. The smallest absolute Gasteiger partial charge is 0.224 e. The van der Waals surface area contributed by atoms with Gasteiger partial charge in [-0.15, -0.1) is 0 Å². The Morgan fingerprint density at radius 1 is 1.79 bits per heavy atom. The van der Waals surface area contributed by atoms with E-state index in [2.05, 4.69) is 10.6 Å². The second-order valence-electron chi connectivity index (χ2n) is 3.82. The number of nitriles is 1. The quantitative estimate of drug-likeness (QED) is 0.685. The molecule has 1 saturated heterocycles. The fraction of sp³-hybridized carbons (Fsp3) is 0.800. The molecular formula is C10H17N3O. The molecule has 0 aliphatic carbocycles. The van der Waals surface area contributed by atoms with Crippen LogP contribution in [0.15, 0.2) is 0 Å². The molecule has 14 heavy (non-hydrogen) atoms. The molecule has 78 valence electrons. The minimum absolute atomic E-state index is 0.0329. The van der Waals surface area contributed by atoms with Gasteiger partial charge in [-0.25, -0.2) is 0 Å². The molecule has 1 aliphatic heterocycles. The van der Waals surface area contributed by atoms with Gasteiger partial charge in [-0.3, -0.25) is 4.79 Å². The van der Waals surface area contributed by atoms with Gasteiger partial charge < -0.3 is 10.6 Å². The molecule has 4 nitrogen and oxygen atoms in total. The second kappa shape index (κ2) is 5.61. The average Bonchev–Trinajstić information content (AvgIpc) is 2.19. The van der Waals surface area contributed by atoms with Crippen LogP contribution < -0.4 is 10.6 Å². The van der Waals surface area contributed by atoms with E-state index in [9.17, 15) is 4.79 Å². The molecule has 2 unspecified atom stereocenters. The first-order valence-electron chi connectivity index (χ1n) is 5.12. The first-order valence-corrected chi connectivity index (χ1v) is 5.12. The average molecular weight is 195 g/mol. The van der Waals surface area contributed by atoms with Gasteiger partial charge in [0, 0.05) is 12.6 Å². The molecular weight excluding hydrogens is 178 g/mol. The van der Waals surface area contributed by atoms with Crippen LogP contribution in [0.2, 0.25) is 0 Å².